The average molecular weight is 349 g/mol. The monoisotopic (exact) mass is 349 g/mol. The van der Waals surface area contributed by atoms with Gasteiger partial charge >= 0.3 is 11.3 Å². The van der Waals surface area contributed by atoms with Crippen molar-refractivity contribution in [3.05, 3.63) is 65.0 Å². The van der Waals surface area contributed by atoms with Crippen LogP contribution < -0.4 is 9.88 Å². The molecule has 2 aromatic carbocycles. The fourth-order valence-corrected chi connectivity index (χ4v) is 3.64. The first kappa shape index (κ1) is 16.5. The van der Waals surface area contributed by atoms with Crippen molar-refractivity contribution in [1.82, 2.24) is 0 Å². The second kappa shape index (κ2) is 6.28. The Morgan fingerprint density at radius 2 is 1.71 bits per heavy atom. The van der Waals surface area contributed by atoms with Crippen LogP contribution in [0.5, 0.6) is 0 Å². The normalized spacial score (nSPS) is 11.5. The van der Waals surface area contributed by atoms with Gasteiger partial charge in [-0.15, -0.1) is 0 Å². The molecule has 2 nitrogen and oxygen atoms in total. The molecule has 0 amide bonds. The highest BCUT2D eigenvalue weighted by atomic mass is 32.1. The molecule has 0 atom stereocenters. The summed E-state index contributed by atoms with van der Waals surface area (Å²) in [6.07, 6.45) is -4.35. The van der Waals surface area contributed by atoms with E-state index in [1.807, 2.05) is 48.9 Å². The van der Waals surface area contributed by atoms with Crippen molar-refractivity contribution < 1.29 is 17.7 Å². The summed E-state index contributed by atoms with van der Waals surface area (Å²) in [4.78, 5) is 1.10. The summed E-state index contributed by atoms with van der Waals surface area (Å²) in [5.74, 6) is 0. The number of aromatic nitrogens is 1. The first-order valence-electron chi connectivity index (χ1n) is 7.35. The Kier molecular flexibility index (Phi) is 4.32. The molecule has 0 fully saturated rings. The number of benzene rings is 2. The Hall–Kier alpha value is -2.34. The van der Waals surface area contributed by atoms with Gasteiger partial charge in [0.2, 0.25) is 0 Å². The van der Waals surface area contributed by atoms with Crippen molar-refractivity contribution in [2.45, 2.75) is 13.1 Å². The molecular weight excluding hydrogens is 333 g/mol. The molecule has 0 spiro atoms. The van der Waals surface area contributed by atoms with Gasteiger partial charge in [-0.05, 0) is 25.1 Å². The van der Waals surface area contributed by atoms with Gasteiger partial charge in [0.1, 0.15) is 11.4 Å². The maximum absolute atomic E-state index is 12.8. The number of anilines is 2. The van der Waals surface area contributed by atoms with Gasteiger partial charge in [-0.1, -0.05) is 47.7 Å². The van der Waals surface area contributed by atoms with E-state index < -0.39 is 11.7 Å². The molecule has 124 valence electrons. The molecule has 3 rings (SSSR count). The number of nitrogens with zero attached hydrogens (tertiary/aromatic N) is 1. The predicted molar refractivity (Wildman–Crippen MR) is 90.4 cm³/mol. The lowest BCUT2D eigenvalue weighted by Gasteiger charge is -2.07. The molecule has 0 saturated carbocycles. The zero-order valence-electron chi connectivity index (χ0n) is 13.2. The lowest BCUT2D eigenvalue weighted by molar-refractivity contribution is -0.641. The van der Waals surface area contributed by atoms with E-state index in [0.29, 0.717) is 5.69 Å². The van der Waals surface area contributed by atoms with E-state index in [2.05, 4.69) is 5.32 Å². The van der Waals surface area contributed by atoms with E-state index in [0.717, 1.165) is 33.4 Å². The number of hydrogen-bond donors (Lipinski definition) is 1. The van der Waals surface area contributed by atoms with Crippen LogP contribution in [0.4, 0.5) is 24.0 Å². The van der Waals surface area contributed by atoms with Gasteiger partial charge in [-0.3, -0.25) is 0 Å². The summed E-state index contributed by atoms with van der Waals surface area (Å²) >= 11 is 1.51. The van der Waals surface area contributed by atoms with Crippen LogP contribution in [0.2, 0.25) is 0 Å². The summed E-state index contributed by atoms with van der Waals surface area (Å²) < 4.78 is 40.5. The second-order valence-electron chi connectivity index (χ2n) is 5.44. The van der Waals surface area contributed by atoms with Gasteiger partial charge < -0.3 is 0 Å². The largest absolute Gasteiger partial charge is 0.416 e. The zero-order valence-corrected chi connectivity index (χ0v) is 14.0. The van der Waals surface area contributed by atoms with Crippen LogP contribution in [-0.4, -0.2) is 0 Å². The third-order valence-corrected chi connectivity index (χ3v) is 4.78. The van der Waals surface area contributed by atoms with Crippen molar-refractivity contribution in [1.29, 1.82) is 0 Å². The molecule has 3 aromatic rings. The van der Waals surface area contributed by atoms with Crippen LogP contribution in [0.1, 0.15) is 10.4 Å². The average Bonchev–Trinajstić information content (AvgIpc) is 2.82. The molecule has 6 heteroatoms. The highest BCUT2D eigenvalue weighted by Gasteiger charge is 2.31. The van der Waals surface area contributed by atoms with Crippen LogP contribution >= 0.6 is 11.3 Å². The number of rotatable bonds is 3. The second-order valence-corrected chi connectivity index (χ2v) is 6.64. The smallest absolute Gasteiger partial charge is 0.231 e. The maximum atomic E-state index is 12.8. The van der Waals surface area contributed by atoms with Crippen molar-refractivity contribution in [2.24, 2.45) is 7.05 Å². The van der Waals surface area contributed by atoms with Crippen molar-refractivity contribution in [3.8, 4) is 11.3 Å². The van der Waals surface area contributed by atoms with E-state index in [1.54, 1.807) is 6.07 Å². The molecular formula is C18H16F3N2S+. The van der Waals surface area contributed by atoms with E-state index in [-0.39, 0.29) is 0 Å². The van der Waals surface area contributed by atoms with Crippen molar-refractivity contribution in [3.63, 3.8) is 0 Å². The van der Waals surface area contributed by atoms with Crippen LogP contribution in [0.15, 0.2) is 54.6 Å². The summed E-state index contributed by atoms with van der Waals surface area (Å²) in [5, 5.41) is 3.88. The molecule has 1 N–H and O–H groups in total. The molecule has 0 radical (unpaired) electrons. The van der Waals surface area contributed by atoms with E-state index in [9.17, 15) is 13.2 Å². The molecule has 0 saturated heterocycles. The summed E-state index contributed by atoms with van der Waals surface area (Å²) in [6.45, 7) is 2.00. The van der Waals surface area contributed by atoms with Gasteiger partial charge in [0, 0.05) is 5.56 Å². The van der Waals surface area contributed by atoms with Gasteiger partial charge in [0.25, 0.3) is 0 Å². The third kappa shape index (κ3) is 3.28. The standard InChI is InChI=1S/C18H15F3N2S/c1-12-16(13-7-4-3-5-8-13)23(2)17(24-12)22-15-10-6-9-14(11-15)18(19,20)21/h3-11H,1-2H3/p+1. The van der Waals surface area contributed by atoms with Crippen LogP contribution in [0.3, 0.4) is 0 Å². The molecule has 1 aromatic heterocycles. The SMILES string of the molecule is Cc1sc(Nc2cccc(C(F)(F)F)c2)[n+](C)c1-c1ccccc1. The molecule has 0 aliphatic rings. The fourth-order valence-electron chi connectivity index (χ4n) is 2.60. The van der Waals surface area contributed by atoms with Gasteiger partial charge in [0.05, 0.1) is 17.5 Å². The molecule has 0 aliphatic carbocycles. The first-order valence-corrected chi connectivity index (χ1v) is 8.17. The highest BCUT2D eigenvalue weighted by molar-refractivity contribution is 7.15. The Bertz CT molecular complexity index is 854. The Balaban J connectivity index is 1.95. The number of alkyl halides is 3. The van der Waals surface area contributed by atoms with E-state index >= 15 is 0 Å². The minimum atomic E-state index is -4.35. The Labute approximate surface area is 142 Å². The number of halogens is 3. The van der Waals surface area contributed by atoms with E-state index in [1.165, 1.54) is 17.4 Å². The molecule has 0 bridgehead atoms. The number of aryl methyl sites for hydroxylation is 1. The van der Waals surface area contributed by atoms with Gasteiger partial charge in [-0.2, -0.15) is 13.2 Å². The summed E-state index contributed by atoms with van der Waals surface area (Å²) in [7, 11) is 1.90. The maximum Gasteiger partial charge on any atom is 0.416 e. The number of thiazole rings is 1. The highest BCUT2D eigenvalue weighted by Crippen LogP contribution is 2.33. The Morgan fingerprint density at radius 1 is 1.00 bits per heavy atom. The van der Waals surface area contributed by atoms with Crippen LogP contribution in [-0.2, 0) is 13.2 Å². The molecule has 24 heavy (non-hydrogen) atoms. The van der Waals surface area contributed by atoms with E-state index in [4.69, 9.17) is 0 Å². The van der Waals surface area contributed by atoms with Gasteiger partial charge in [0.15, 0.2) is 0 Å². The number of hydrogen-bond acceptors (Lipinski definition) is 2. The minimum absolute atomic E-state index is 0.418. The topological polar surface area (TPSA) is 15.9 Å². The third-order valence-electron chi connectivity index (χ3n) is 3.71. The molecule has 1 heterocycles. The quantitative estimate of drug-likeness (QED) is 0.634. The number of nitrogens with one attached hydrogen (secondary N) is 1. The van der Waals surface area contributed by atoms with Crippen LogP contribution in [0, 0.1) is 6.92 Å². The first-order chi connectivity index (χ1) is 11.4. The van der Waals surface area contributed by atoms with Crippen LogP contribution in [0.25, 0.3) is 11.3 Å². The van der Waals surface area contributed by atoms with Crippen molar-refractivity contribution >= 4 is 22.2 Å². The van der Waals surface area contributed by atoms with Gasteiger partial charge in [-0.25, -0.2) is 9.88 Å². The Morgan fingerprint density at radius 3 is 2.38 bits per heavy atom. The summed E-state index contributed by atoms with van der Waals surface area (Å²) in [5.41, 5.74) is 1.88. The minimum Gasteiger partial charge on any atom is -0.231 e. The summed E-state index contributed by atoms with van der Waals surface area (Å²) in [6, 6.07) is 15.1. The predicted octanol–water partition coefficient (Wildman–Crippen LogP) is 5.31. The zero-order chi connectivity index (χ0) is 17.3. The lowest BCUT2D eigenvalue weighted by Crippen LogP contribution is -2.31. The molecule has 0 aliphatic heterocycles. The lowest BCUT2D eigenvalue weighted by atomic mass is 10.1. The molecule has 0 unspecified atom stereocenters. The fraction of sp³-hybridized carbons (Fsp3) is 0.167. The van der Waals surface area contributed by atoms with Crippen molar-refractivity contribution in [2.75, 3.05) is 5.32 Å².